The average Bonchev–Trinajstić information content (AvgIpc) is 2.87. The molecule has 6 nitrogen and oxygen atoms in total. The highest BCUT2D eigenvalue weighted by molar-refractivity contribution is 9.10. The molecular formula is C30H23BrN2O4. The molecule has 7 heteroatoms. The summed E-state index contributed by atoms with van der Waals surface area (Å²) >= 11 is 3.43. The van der Waals surface area contributed by atoms with Crippen molar-refractivity contribution in [3.8, 4) is 5.75 Å². The molecule has 0 radical (unpaired) electrons. The normalized spacial score (nSPS) is 14.8. The van der Waals surface area contributed by atoms with Crippen LogP contribution in [-0.4, -0.2) is 17.8 Å². The molecule has 1 fully saturated rings. The van der Waals surface area contributed by atoms with Crippen molar-refractivity contribution in [1.82, 2.24) is 5.32 Å². The van der Waals surface area contributed by atoms with E-state index in [1.165, 1.54) is 6.08 Å². The summed E-state index contributed by atoms with van der Waals surface area (Å²) in [6.45, 7) is 4.19. The maximum atomic E-state index is 13.5. The minimum Gasteiger partial charge on any atom is -0.488 e. The number of carbonyl (C=O) groups excluding carboxylic acids is 3. The molecule has 1 aliphatic heterocycles. The minimum atomic E-state index is -0.789. The molecule has 0 saturated carbocycles. The summed E-state index contributed by atoms with van der Waals surface area (Å²) in [6, 6.07) is 23.8. The van der Waals surface area contributed by atoms with Crippen LogP contribution < -0.4 is 15.0 Å². The van der Waals surface area contributed by atoms with Crippen LogP contribution in [0.3, 0.4) is 0 Å². The van der Waals surface area contributed by atoms with E-state index in [2.05, 4.69) is 21.2 Å². The van der Waals surface area contributed by atoms with Crippen LogP contribution >= 0.6 is 15.9 Å². The number of anilines is 1. The van der Waals surface area contributed by atoms with Gasteiger partial charge in [-0.3, -0.25) is 14.9 Å². The quantitative estimate of drug-likeness (QED) is 0.227. The number of hydrogen-bond acceptors (Lipinski definition) is 4. The third kappa shape index (κ3) is 4.90. The van der Waals surface area contributed by atoms with Gasteiger partial charge in [-0.15, -0.1) is 0 Å². The van der Waals surface area contributed by atoms with Crippen molar-refractivity contribution in [1.29, 1.82) is 0 Å². The topological polar surface area (TPSA) is 75.7 Å². The highest BCUT2D eigenvalue weighted by Crippen LogP contribution is 2.33. The molecule has 1 heterocycles. The van der Waals surface area contributed by atoms with E-state index >= 15 is 0 Å². The Kier molecular flexibility index (Phi) is 6.63. The van der Waals surface area contributed by atoms with Gasteiger partial charge in [-0.05, 0) is 66.1 Å². The number of ether oxygens (including phenoxy) is 1. The van der Waals surface area contributed by atoms with Gasteiger partial charge in [0.25, 0.3) is 11.8 Å². The molecule has 1 saturated heterocycles. The lowest BCUT2D eigenvalue weighted by Gasteiger charge is -2.27. The highest BCUT2D eigenvalue weighted by Gasteiger charge is 2.37. The lowest BCUT2D eigenvalue weighted by molar-refractivity contribution is -0.122. The summed E-state index contributed by atoms with van der Waals surface area (Å²) in [5.74, 6) is -0.929. The van der Waals surface area contributed by atoms with Gasteiger partial charge in [-0.25, -0.2) is 9.69 Å². The first-order valence-corrected chi connectivity index (χ1v) is 12.5. The average molecular weight is 555 g/mol. The molecule has 4 amide bonds. The number of amides is 4. The Morgan fingerprint density at radius 1 is 0.919 bits per heavy atom. The SMILES string of the molecule is Cc1cccc(COc2ccc3ccccc3c2/C=C2/C(=O)NC(=O)N(c3ccc(Br)c(C)c3)C2=O)c1. The number of carbonyl (C=O) groups is 3. The first-order chi connectivity index (χ1) is 17.8. The van der Waals surface area contributed by atoms with E-state index in [1.54, 1.807) is 18.2 Å². The second kappa shape index (κ2) is 10.0. The molecular weight excluding hydrogens is 532 g/mol. The van der Waals surface area contributed by atoms with Crippen LogP contribution in [0.15, 0.2) is 88.9 Å². The van der Waals surface area contributed by atoms with Crippen molar-refractivity contribution in [2.45, 2.75) is 20.5 Å². The molecule has 5 rings (SSSR count). The lowest BCUT2D eigenvalue weighted by atomic mass is 9.99. The van der Waals surface area contributed by atoms with Crippen molar-refractivity contribution in [2.75, 3.05) is 4.90 Å². The largest absolute Gasteiger partial charge is 0.488 e. The monoisotopic (exact) mass is 554 g/mol. The Bertz CT molecular complexity index is 1610. The van der Waals surface area contributed by atoms with Gasteiger partial charge in [0.05, 0.1) is 5.69 Å². The van der Waals surface area contributed by atoms with Crippen molar-refractivity contribution in [3.05, 3.63) is 111 Å². The third-order valence-electron chi connectivity index (χ3n) is 6.20. The Hall–Kier alpha value is -4.23. The molecule has 0 aliphatic carbocycles. The van der Waals surface area contributed by atoms with Crippen LogP contribution in [0.5, 0.6) is 5.75 Å². The number of halogens is 1. The van der Waals surface area contributed by atoms with Gasteiger partial charge in [-0.2, -0.15) is 0 Å². The smallest absolute Gasteiger partial charge is 0.335 e. The van der Waals surface area contributed by atoms with Crippen LogP contribution in [0, 0.1) is 13.8 Å². The van der Waals surface area contributed by atoms with Crippen LogP contribution in [0.4, 0.5) is 10.5 Å². The van der Waals surface area contributed by atoms with Gasteiger partial charge >= 0.3 is 6.03 Å². The summed E-state index contributed by atoms with van der Waals surface area (Å²) < 4.78 is 7.03. The number of rotatable bonds is 5. The summed E-state index contributed by atoms with van der Waals surface area (Å²) in [7, 11) is 0. The van der Waals surface area contributed by atoms with Crippen molar-refractivity contribution >= 4 is 56.3 Å². The molecule has 184 valence electrons. The maximum absolute atomic E-state index is 13.5. The van der Waals surface area contributed by atoms with E-state index in [0.29, 0.717) is 23.6 Å². The molecule has 37 heavy (non-hydrogen) atoms. The number of fused-ring (bicyclic) bond motifs is 1. The fourth-order valence-electron chi connectivity index (χ4n) is 4.32. The van der Waals surface area contributed by atoms with E-state index in [0.717, 1.165) is 36.8 Å². The number of aryl methyl sites for hydroxylation is 2. The van der Waals surface area contributed by atoms with Gasteiger partial charge in [-0.1, -0.05) is 76.1 Å². The van der Waals surface area contributed by atoms with Crippen LogP contribution in [0.2, 0.25) is 0 Å². The van der Waals surface area contributed by atoms with E-state index < -0.39 is 17.8 Å². The molecule has 0 bridgehead atoms. The zero-order valence-electron chi connectivity index (χ0n) is 20.2. The number of urea groups is 1. The predicted octanol–water partition coefficient (Wildman–Crippen LogP) is 6.46. The van der Waals surface area contributed by atoms with Gasteiger partial charge in [0, 0.05) is 10.0 Å². The molecule has 0 unspecified atom stereocenters. The van der Waals surface area contributed by atoms with Crippen molar-refractivity contribution < 1.29 is 19.1 Å². The van der Waals surface area contributed by atoms with E-state index in [1.807, 2.05) is 74.5 Å². The van der Waals surface area contributed by atoms with Crippen molar-refractivity contribution in [2.24, 2.45) is 0 Å². The van der Waals surface area contributed by atoms with Gasteiger partial charge in [0.2, 0.25) is 0 Å². The van der Waals surface area contributed by atoms with E-state index in [4.69, 9.17) is 4.74 Å². The van der Waals surface area contributed by atoms with E-state index in [9.17, 15) is 14.4 Å². The molecule has 4 aromatic carbocycles. The molecule has 1 N–H and O–H groups in total. The maximum Gasteiger partial charge on any atom is 0.335 e. The zero-order valence-corrected chi connectivity index (χ0v) is 21.8. The Balaban J connectivity index is 1.58. The summed E-state index contributed by atoms with van der Waals surface area (Å²) in [5, 5.41) is 4.05. The number of imide groups is 2. The van der Waals surface area contributed by atoms with Crippen molar-refractivity contribution in [3.63, 3.8) is 0 Å². The first kappa shape index (κ1) is 24.5. The Morgan fingerprint density at radius 3 is 2.51 bits per heavy atom. The van der Waals surface area contributed by atoms with Gasteiger partial charge in [0.1, 0.15) is 17.9 Å². The zero-order chi connectivity index (χ0) is 26.1. The lowest BCUT2D eigenvalue weighted by Crippen LogP contribution is -2.54. The second-order valence-electron chi connectivity index (χ2n) is 8.87. The molecule has 4 aromatic rings. The number of nitrogens with one attached hydrogen (secondary N) is 1. The first-order valence-electron chi connectivity index (χ1n) is 11.7. The number of barbiturate groups is 1. The van der Waals surface area contributed by atoms with Crippen LogP contribution in [0.25, 0.3) is 16.8 Å². The molecule has 1 aliphatic rings. The van der Waals surface area contributed by atoms with Gasteiger partial charge < -0.3 is 4.74 Å². The summed E-state index contributed by atoms with van der Waals surface area (Å²) in [4.78, 5) is 40.1. The minimum absolute atomic E-state index is 0.156. The molecule has 0 spiro atoms. The van der Waals surface area contributed by atoms with Crippen LogP contribution in [0.1, 0.15) is 22.3 Å². The third-order valence-corrected chi connectivity index (χ3v) is 7.09. The Labute approximate surface area is 222 Å². The Morgan fingerprint density at radius 2 is 1.73 bits per heavy atom. The highest BCUT2D eigenvalue weighted by atomic mass is 79.9. The molecule has 0 aromatic heterocycles. The van der Waals surface area contributed by atoms with E-state index in [-0.39, 0.29) is 5.57 Å². The summed E-state index contributed by atoms with van der Waals surface area (Å²) in [5.41, 5.74) is 3.78. The standard InChI is InChI=1S/C30H23BrN2O4/c1-18-6-5-7-20(14-18)17-37-27-13-10-21-8-3-4-9-23(21)24(27)16-25-28(34)32-30(36)33(29(25)35)22-11-12-26(31)19(2)15-22/h3-16H,17H2,1-2H3,(H,32,34,36)/b25-16-. The predicted molar refractivity (Wildman–Crippen MR) is 147 cm³/mol. The van der Waals surface area contributed by atoms with Crippen LogP contribution in [-0.2, 0) is 16.2 Å². The fourth-order valence-corrected chi connectivity index (χ4v) is 4.56. The molecule has 0 atom stereocenters. The van der Waals surface area contributed by atoms with Gasteiger partial charge in [0.15, 0.2) is 0 Å². The fraction of sp³-hybridized carbons (Fsp3) is 0.100. The number of benzene rings is 4. The summed E-state index contributed by atoms with van der Waals surface area (Å²) in [6.07, 6.45) is 1.51. The number of hydrogen-bond donors (Lipinski definition) is 1. The second-order valence-corrected chi connectivity index (χ2v) is 9.72. The number of nitrogens with zero attached hydrogens (tertiary/aromatic N) is 1.